The predicted molar refractivity (Wildman–Crippen MR) is 99.6 cm³/mol. The van der Waals surface area contributed by atoms with E-state index in [1.165, 1.54) is 4.90 Å². The van der Waals surface area contributed by atoms with Crippen LogP contribution in [0, 0.1) is 5.92 Å². The van der Waals surface area contributed by atoms with Crippen molar-refractivity contribution in [2.75, 3.05) is 6.54 Å². The predicted octanol–water partition coefficient (Wildman–Crippen LogP) is 2.08. The molecule has 0 saturated carbocycles. The quantitative estimate of drug-likeness (QED) is 0.635. The molecule has 0 aromatic heterocycles. The van der Waals surface area contributed by atoms with Crippen LogP contribution < -0.4 is 0 Å². The molecule has 1 aliphatic carbocycles. The number of carboxylic acids is 1. The number of amides is 3. The number of benzene rings is 1. The third kappa shape index (κ3) is 3.00. The Balaban J connectivity index is 1.66. The number of allylic oxidation sites excluding steroid dienone is 1. The summed E-state index contributed by atoms with van der Waals surface area (Å²) in [5.41, 5.74) is 0.592. The van der Waals surface area contributed by atoms with Gasteiger partial charge in [0.1, 0.15) is 12.6 Å². The SMILES string of the molecule is O=C(O)CN1C(=O)[C@@H](N2C(=O)c3ccccc3C2=O)CCC[C@@H]1C1C=CCC1. The van der Waals surface area contributed by atoms with Gasteiger partial charge in [0.15, 0.2) is 0 Å². The molecule has 0 bridgehead atoms. The lowest BCUT2D eigenvalue weighted by Crippen LogP contribution is -2.54. The zero-order valence-electron chi connectivity index (χ0n) is 15.4. The zero-order chi connectivity index (χ0) is 19.8. The Bertz CT molecular complexity index is 842. The number of hydrogen-bond donors (Lipinski definition) is 1. The van der Waals surface area contributed by atoms with Gasteiger partial charge in [-0.3, -0.25) is 24.1 Å². The first-order valence-electron chi connectivity index (χ1n) is 9.65. The Morgan fingerprint density at radius 1 is 1.04 bits per heavy atom. The van der Waals surface area contributed by atoms with Crippen molar-refractivity contribution in [3.05, 3.63) is 47.5 Å². The molecule has 3 aliphatic rings. The van der Waals surface area contributed by atoms with Crippen LogP contribution in [0.1, 0.15) is 52.8 Å². The molecule has 1 N–H and O–H groups in total. The second-order valence-corrected chi connectivity index (χ2v) is 7.57. The molecule has 28 heavy (non-hydrogen) atoms. The average Bonchev–Trinajstić information content (AvgIpc) is 3.25. The van der Waals surface area contributed by atoms with E-state index in [0.29, 0.717) is 30.4 Å². The molecule has 3 amide bonds. The molecule has 2 aliphatic heterocycles. The van der Waals surface area contributed by atoms with Crippen molar-refractivity contribution in [1.82, 2.24) is 9.80 Å². The van der Waals surface area contributed by atoms with Gasteiger partial charge in [0.2, 0.25) is 5.91 Å². The lowest BCUT2D eigenvalue weighted by molar-refractivity contribution is -0.148. The van der Waals surface area contributed by atoms with Crippen molar-refractivity contribution in [2.45, 2.75) is 44.2 Å². The summed E-state index contributed by atoms with van der Waals surface area (Å²) < 4.78 is 0. The normalized spacial score (nSPS) is 27.3. The van der Waals surface area contributed by atoms with E-state index < -0.39 is 36.3 Å². The molecule has 1 aromatic carbocycles. The number of hydrogen-bond acceptors (Lipinski definition) is 4. The Morgan fingerprint density at radius 3 is 2.29 bits per heavy atom. The van der Waals surface area contributed by atoms with Gasteiger partial charge < -0.3 is 10.0 Å². The Hall–Kier alpha value is -2.96. The van der Waals surface area contributed by atoms with Crippen LogP contribution in [0.2, 0.25) is 0 Å². The van der Waals surface area contributed by atoms with Crippen LogP contribution in [0.3, 0.4) is 0 Å². The summed E-state index contributed by atoms with van der Waals surface area (Å²) in [6.45, 7) is -0.423. The molecule has 146 valence electrons. The van der Waals surface area contributed by atoms with Crippen LogP contribution >= 0.6 is 0 Å². The summed E-state index contributed by atoms with van der Waals surface area (Å²) in [6.07, 6.45) is 7.57. The van der Waals surface area contributed by atoms with Gasteiger partial charge in [-0.25, -0.2) is 0 Å². The van der Waals surface area contributed by atoms with E-state index in [-0.39, 0.29) is 12.0 Å². The number of aliphatic carboxylic acids is 1. The van der Waals surface area contributed by atoms with Gasteiger partial charge in [0.05, 0.1) is 11.1 Å². The molecule has 7 heteroatoms. The van der Waals surface area contributed by atoms with Gasteiger partial charge in [0, 0.05) is 6.04 Å². The number of rotatable bonds is 4. The fourth-order valence-electron chi connectivity index (χ4n) is 4.65. The molecule has 7 nitrogen and oxygen atoms in total. The van der Waals surface area contributed by atoms with E-state index >= 15 is 0 Å². The third-order valence-electron chi connectivity index (χ3n) is 5.93. The van der Waals surface area contributed by atoms with Crippen molar-refractivity contribution in [3.63, 3.8) is 0 Å². The lowest BCUT2D eigenvalue weighted by Gasteiger charge is -2.35. The number of fused-ring (bicyclic) bond motifs is 1. The van der Waals surface area contributed by atoms with Crippen LogP contribution in [-0.2, 0) is 9.59 Å². The highest BCUT2D eigenvalue weighted by Crippen LogP contribution is 2.34. The zero-order valence-corrected chi connectivity index (χ0v) is 15.4. The summed E-state index contributed by atoms with van der Waals surface area (Å²) >= 11 is 0. The Labute approximate surface area is 162 Å². The van der Waals surface area contributed by atoms with Gasteiger partial charge in [-0.2, -0.15) is 0 Å². The maximum absolute atomic E-state index is 13.4. The summed E-state index contributed by atoms with van der Waals surface area (Å²) in [5.74, 6) is -2.38. The minimum Gasteiger partial charge on any atom is -0.480 e. The highest BCUT2D eigenvalue weighted by atomic mass is 16.4. The average molecular weight is 382 g/mol. The first kappa shape index (κ1) is 18.4. The molecule has 1 fully saturated rings. The minimum absolute atomic E-state index is 0.115. The summed E-state index contributed by atoms with van der Waals surface area (Å²) in [6, 6.07) is 5.35. The summed E-state index contributed by atoms with van der Waals surface area (Å²) in [7, 11) is 0. The van der Waals surface area contributed by atoms with E-state index in [1.807, 2.05) is 0 Å². The fraction of sp³-hybridized carbons (Fsp3) is 0.429. The molecule has 2 heterocycles. The molecule has 1 aromatic rings. The Morgan fingerprint density at radius 2 is 1.71 bits per heavy atom. The fourth-order valence-corrected chi connectivity index (χ4v) is 4.65. The number of carbonyl (C=O) groups is 4. The van der Waals surface area contributed by atoms with Crippen LogP contribution in [0.5, 0.6) is 0 Å². The molecular formula is C21H22N2O5. The van der Waals surface area contributed by atoms with Crippen LogP contribution in [0.4, 0.5) is 0 Å². The van der Waals surface area contributed by atoms with Crippen LogP contribution in [0.15, 0.2) is 36.4 Å². The van der Waals surface area contributed by atoms with Crippen molar-refractivity contribution < 1.29 is 24.3 Å². The maximum atomic E-state index is 13.4. The molecule has 1 unspecified atom stereocenters. The minimum atomic E-state index is -1.09. The Kier molecular flexibility index (Phi) is 4.75. The number of nitrogens with zero attached hydrogens (tertiary/aromatic N) is 2. The lowest BCUT2D eigenvalue weighted by atomic mass is 9.94. The first-order valence-corrected chi connectivity index (χ1v) is 9.65. The van der Waals surface area contributed by atoms with Gasteiger partial charge >= 0.3 is 5.97 Å². The van der Waals surface area contributed by atoms with Crippen LogP contribution in [0.25, 0.3) is 0 Å². The molecule has 0 spiro atoms. The van der Waals surface area contributed by atoms with E-state index in [4.69, 9.17) is 0 Å². The van der Waals surface area contributed by atoms with E-state index in [9.17, 15) is 24.3 Å². The summed E-state index contributed by atoms with van der Waals surface area (Å²) in [4.78, 5) is 52.9. The van der Waals surface area contributed by atoms with Gasteiger partial charge in [-0.1, -0.05) is 24.3 Å². The number of likely N-dealkylation sites (tertiary alicyclic amines) is 1. The molecule has 4 rings (SSSR count). The van der Waals surface area contributed by atoms with Gasteiger partial charge in [0.25, 0.3) is 11.8 Å². The van der Waals surface area contributed by atoms with Crippen LogP contribution in [-0.4, -0.2) is 57.2 Å². The van der Waals surface area contributed by atoms with Gasteiger partial charge in [-0.05, 0) is 50.2 Å². The second-order valence-electron chi connectivity index (χ2n) is 7.57. The smallest absolute Gasteiger partial charge is 0.323 e. The van der Waals surface area contributed by atoms with E-state index in [0.717, 1.165) is 17.7 Å². The van der Waals surface area contributed by atoms with Gasteiger partial charge in [-0.15, -0.1) is 0 Å². The van der Waals surface area contributed by atoms with Crippen molar-refractivity contribution in [3.8, 4) is 0 Å². The highest BCUT2D eigenvalue weighted by Gasteiger charge is 2.46. The topological polar surface area (TPSA) is 95.0 Å². The largest absolute Gasteiger partial charge is 0.480 e. The third-order valence-corrected chi connectivity index (χ3v) is 5.93. The number of imide groups is 1. The maximum Gasteiger partial charge on any atom is 0.323 e. The highest BCUT2D eigenvalue weighted by molar-refractivity contribution is 6.22. The van der Waals surface area contributed by atoms with E-state index in [1.54, 1.807) is 24.3 Å². The monoisotopic (exact) mass is 382 g/mol. The molecule has 3 atom stereocenters. The second kappa shape index (κ2) is 7.22. The van der Waals surface area contributed by atoms with E-state index in [2.05, 4.69) is 12.2 Å². The summed E-state index contributed by atoms with van der Waals surface area (Å²) in [5, 5.41) is 9.37. The standard InChI is InChI=1S/C21H22N2O5/c24-18(25)12-22-16(13-6-1-2-7-13)10-5-11-17(21(22)28)23-19(26)14-8-3-4-9-15(14)20(23)27/h1,3-4,6,8-9,13,16-17H,2,5,7,10-12H2,(H,24,25)/t13?,16-,17+/m1/s1. The number of carbonyl (C=O) groups excluding carboxylic acids is 3. The van der Waals surface area contributed by atoms with Crippen molar-refractivity contribution in [1.29, 1.82) is 0 Å². The molecule has 1 saturated heterocycles. The van der Waals surface area contributed by atoms with Crippen molar-refractivity contribution in [2.24, 2.45) is 5.92 Å². The molecule has 0 radical (unpaired) electrons. The number of carboxylic acid groups (broad SMARTS) is 1. The molecular weight excluding hydrogens is 360 g/mol. The first-order chi connectivity index (χ1) is 13.5. The van der Waals surface area contributed by atoms with Crippen molar-refractivity contribution >= 4 is 23.7 Å².